The van der Waals surface area contributed by atoms with Crippen LogP contribution >= 0.6 is 11.3 Å². The van der Waals surface area contributed by atoms with Crippen molar-refractivity contribution in [2.24, 2.45) is 0 Å². The third-order valence-electron chi connectivity index (χ3n) is 4.95. The van der Waals surface area contributed by atoms with Crippen molar-refractivity contribution >= 4 is 42.5 Å². The van der Waals surface area contributed by atoms with E-state index in [4.69, 9.17) is 0 Å². The number of fused-ring (bicyclic) bond motifs is 4. The van der Waals surface area contributed by atoms with Crippen LogP contribution in [0.25, 0.3) is 21.1 Å². The summed E-state index contributed by atoms with van der Waals surface area (Å²) in [6, 6.07) is 7.46. The Kier molecular flexibility index (Phi) is 3.59. The van der Waals surface area contributed by atoms with Gasteiger partial charge in [0.15, 0.2) is 5.65 Å². The first-order valence-electron chi connectivity index (χ1n) is 8.40. The number of aromatic nitrogens is 3. The lowest BCUT2D eigenvalue weighted by Gasteiger charge is -2.25. The molecule has 1 aliphatic carbocycles. The van der Waals surface area contributed by atoms with Crippen LogP contribution < -0.4 is 4.72 Å². The van der Waals surface area contributed by atoms with E-state index in [1.165, 1.54) is 16.9 Å². The minimum atomic E-state index is -3.56. The normalized spacial score (nSPS) is 17.6. The van der Waals surface area contributed by atoms with Crippen molar-refractivity contribution in [3.05, 3.63) is 53.2 Å². The Bertz CT molecular complexity index is 1230. The molecule has 1 unspecified atom stereocenters. The number of benzene rings is 1. The lowest BCUT2D eigenvalue weighted by molar-refractivity contribution is 0.509. The van der Waals surface area contributed by atoms with Gasteiger partial charge in [-0.3, -0.25) is 5.10 Å². The van der Waals surface area contributed by atoms with E-state index in [9.17, 15) is 8.42 Å². The van der Waals surface area contributed by atoms with Gasteiger partial charge in [0.25, 0.3) is 0 Å². The summed E-state index contributed by atoms with van der Waals surface area (Å²) in [5.41, 5.74) is 3.10. The summed E-state index contributed by atoms with van der Waals surface area (Å²) >= 11 is 1.45. The molecular weight excluding hydrogens is 368 g/mol. The fourth-order valence-electron chi connectivity index (χ4n) is 3.69. The number of hydrogen-bond acceptors (Lipinski definition) is 5. The number of thiophene rings is 1. The predicted octanol–water partition coefficient (Wildman–Crippen LogP) is 3.01. The monoisotopic (exact) mass is 384 g/mol. The average Bonchev–Trinajstić information content (AvgIpc) is 3.28. The third kappa shape index (κ3) is 2.53. The summed E-state index contributed by atoms with van der Waals surface area (Å²) < 4.78 is 29.7. The SMILES string of the molecule is O=S(=O)(NC1CCc2c(cnc3[nH]ncc23)C1)c1csc2ccccc12. The maximum absolute atomic E-state index is 12.9. The smallest absolute Gasteiger partial charge is 0.242 e. The molecular formula is C18H16N4O2S2. The molecule has 3 heterocycles. The zero-order valence-corrected chi connectivity index (χ0v) is 15.4. The molecule has 5 rings (SSSR count). The second-order valence-corrected chi connectivity index (χ2v) is 9.15. The van der Waals surface area contributed by atoms with Crippen LogP contribution in [0.2, 0.25) is 0 Å². The molecule has 1 aromatic carbocycles. The van der Waals surface area contributed by atoms with E-state index in [-0.39, 0.29) is 6.04 Å². The molecule has 6 nitrogen and oxygen atoms in total. The standard InChI is InChI=1S/C18H16N4O2S2/c23-26(24,17-10-25-16-4-2-1-3-14(16)17)22-12-5-6-13-11(7-12)8-19-18-15(13)9-20-21-18/h1-4,8-10,12,22H,5-7H2,(H,19,20,21). The van der Waals surface area contributed by atoms with Gasteiger partial charge < -0.3 is 0 Å². The van der Waals surface area contributed by atoms with Gasteiger partial charge in [0.05, 0.1) is 6.20 Å². The Morgan fingerprint density at radius 1 is 1.19 bits per heavy atom. The highest BCUT2D eigenvalue weighted by atomic mass is 32.2. The topological polar surface area (TPSA) is 87.7 Å². The van der Waals surface area contributed by atoms with Crippen molar-refractivity contribution in [2.75, 3.05) is 0 Å². The maximum Gasteiger partial charge on any atom is 0.242 e. The first-order chi connectivity index (χ1) is 12.6. The average molecular weight is 384 g/mol. The number of nitrogens with one attached hydrogen (secondary N) is 2. The van der Waals surface area contributed by atoms with Gasteiger partial charge in [-0.05, 0) is 36.5 Å². The molecule has 0 amide bonds. The van der Waals surface area contributed by atoms with Crippen molar-refractivity contribution in [1.29, 1.82) is 0 Å². The lowest BCUT2D eigenvalue weighted by Crippen LogP contribution is -2.38. The van der Waals surface area contributed by atoms with E-state index in [0.717, 1.165) is 39.5 Å². The Morgan fingerprint density at radius 2 is 2.08 bits per heavy atom. The van der Waals surface area contributed by atoms with Gasteiger partial charge in [-0.15, -0.1) is 11.3 Å². The number of aryl methyl sites for hydroxylation is 1. The van der Waals surface area contributed by atoms with Gasteiger partial charge in [-0.2, -0.15) is 5.10 Å². The minimum Gasteiger partial charge on any atom is -0.261 e. The van der Waals surface area contributed by atoms with E-state index in [1.807, 2.05) is 30.5 Å². The summed E-state index contributed by atoms with van der Waals surface area (Å²) in [6.45, 7) is 0. The van der Waals surface area contributed by atoms with E-state index in [2.05, 4.69) is 19.9 Å². The van der Waals surface area contributed by atoms with E-state index in [0.29, 0.717) is 11.3 Å². The van der Waals surface area contributed by atoms with Gasteiger partial charge in [-0.1, -0.05) is 18.2 Å². The summed E-state index contributed by atoms with van der Waals surface area (Å²) in [5, 5.41) is 10.5. The first kappa shape index (κ1) is 15.9. The molecule has 0 saturated carbocycles. The van der Waals surface area contributed by atoms with E-state index < -0.39 is 10.0 Å². The van der Waals surface area contributed by atoms with Crippen LogP contribution in [0.4, 0.5) is 0 Å². The summed E-state index contributed by atoms with van der Waals surface area (Å²) in [5.74, 6) is 0. The highest BCUT2D eigenvalue weighted by molar-refractivity contribution is 7.90. The number of hydrogen-bond donors (Lipinski definition) is 2. The van der Waals surface area contributed by atoms with Crippen molar-refractivity contribution < 1.29 is 8.42 Å². The van der Waals surface area contributed by atoms with Crippen LogP contribution in [0, 0.1) is 0 Å². The fourth-order valence-corrected chi connectivity index (χ4v) is 6.47. The largest absolute Gasteiger partial charge is 0.261 e. The summed E-state index contributed by atoms with van der Waals surface area (Å²) in [7, 11) is -3.56. The molecule has 0 spiro atoms. The Hall–Kier alpha value is -2.29. The number of aromatic amines is 1. The molecule has 132 valence electrons. The van der Waals surface area contributed by atoms with Crippen molar-refractivity contribution in [3.63, 3.8) is 0 Å². The van der Waals surface area contributed by atoms with Gasteiger partial charge in [-0.25, -0.2) is 18.1 Å². The zero-order chi connectivity index (χ0) is 17.7. The van der Waals surface area contributed by atoms with Crippen LogP contribution in [0.5, 0.6) is 0 Å². The first-order valence-corrected chi connectivity index (χ1v) is 10.8. The maximum atomic E-state index is 12.9. The second kappa shape index (κ2) is 5.87. The van der Waals surface area contributed by atoms with E-state index >= 15 is 0 Å². The molecule has 2 N–H and O–H groups in total. The molecule has 8 heteroatoms. The van der Waals surface area contributed by atoms with Crippen LogP contribution in [0.15, 0.2) is 46.9 Å². The Balaban J connectivity index is 1.44. The molecule has 0 bridgehead atoms. The van der Waals surface area contributed by atoms with Gasteiger partial charge >= 0.3 is 0 Å². The second-order valence-electron chi connectivity index (χ2n) is 6.55. The quantitative estimate of drug-likeness (QED) is 0.568. The summed E-state index contributed by atoms with van der Waals surface area (Å²) in [6.07, 6.45) is 5.84. The zero-order valence-electron chi connectivity index (χ0n) is 13.8. The molecule has 0 saturated heterocycles. The van der Waals surface area contributed by atoms with Crippen LogP contribution in [-0.2, 0) is 22.9 Å². The molecule has 0 radical (unpaired) electrons. The van der Waals surface area contributed by atoms with Crippen LogP contribution in [0.3, 0.4) is 0 Å². The predicted molar refractivity (Wildman–Crippen MR) is 102 cm³/mol. The van der Waals surface area contributed by atoms with Gasteiger partial charge in [0, 0.05) is 33.1 Å². The van der Waals surface area contributed by atoms with Crippen molar-refractivity contribution in [1.82, 2.24) is 19.9 Å². The summed E-state index contributed by atoms with van der Waals surface area (Å²) in [4.78, 5) is 4.75. The van der Waals surface area contributed by atoms with E-state index in [1.54, 1.807) is 11.6 Å². The number of H-pyrrole nitrogens is 1. The lowest BCUT2D eigenvalue weighted by atomic mass is 9.88. The molecule has 1 aliphatic rings. The van der Waals surface area contributed by atoms with Crippen LogP contribution in [-0.4, -0.2) is 29.6 Å². The fraction of sp³-hybridized carbons (Fsp3) is 0.222. The minimum absolute atomic E-state index is 0.127. The third-order valence-corrected chi connectivity index (χ3v) is 7.62. The Labute approximate surface area is 154 Å². The Morgan fingerprint density at radius 3 is 3.00 bits per heavy atom. The number of pyridine rings is 1. The van der Waals surface area contributed by atoms with Crippen molar-refractivity contribution in [3.8, 4) is 0 Å². The molecule has 26 heavy (non-hydrogen) atoms. The van der Waals surface area contributed by atoms with Gasteiger partial charge in [0.2, 0.25) is 10.0 Å². The van der Waals surface area contributed by atoms with Gasteiger partial charge in [0.1, 0.15) is 4.90 Å². The van der Waals surface area contributed by atoms with Crippen LogP contribution in [0.1, 0.15) is 17.5 Å². The molecule has 3 aromatic heterocycles. The number of nitrogens with zero attached hydrogens (tertiary/aromatic N) is 2. The molecule has 4 aromatic rings. The molecule has 0 fully saturated rings. The van der Waals surface area contributed by atoms with Crippen molar-refractivity contribution in [2.45, 2.75) is 30.2 Å². The number of sulfonamides is 1. The molecule has 0 aliphatic heterocycles. The number of rotatable bonds is 3. The highest BCUT2D eigenvalue weighted by Crippen LogP contribution is 2.31. The highest BCUT2D eigenvalue weighted by Gasteiger charge is 2.27. The molecule has 1 atom stereocenters.